The molecule has 0 fully saturated rings. The van der Waals surface area contributed by atoms with E-state index in [1.165, 1.54) is 21.9 Å². The van der Waals surface area contributed by atoms with E-state index in [4.69, 9.17) is 0 Å². The van der Waals surface area contributed by atoms with Gasteiger partial charge in [-0.1, -0.05) is 31.2 Å². The molecule has 0 atom stereocenters. The molecule has 0 saturated carbocycles. The van der Waals surface area contributed by atoms with E-state index in [9.17, 15) is 9.59 Å². The van der Waals surface area contributed by atoms with E-state index in [2.05, 4.69) is 17.3 Å². The zero-order valence-electron chi connectivity index (χ0n) is 15.8. The van der Waals surface area contributed by atoms with Crippen molar-refractivity contribution in [3.63, 3.8) is 0 Å². The van der Waals surface area contributed by atoms with Gasteiger partial charge in [-0.05, 0) is 61.2 Å². The van der Waals surface area contributed by atoms with Crippen molar-refractivity contribution >= 4 is 11.6 Å². The maximum atomic E-state index is 12.3. The van der Waals surface area contributed by atoms with Gasteiger partial charge in [-0.3, -0.25) is 9.59 Å². The largest absolute Gasteiger partial charge is 0.324 e. The Morgan fingerprint density at radius 2 is 1.74 bits per heavy atom. The lowest BCUT2D eigenvalue weighted by molar-refractivity contribution is -0.117. The molecule has 0 bridgehead atoms. The van der Waals surface area contributed by atoms with Crippen LogP contribution in [0.25, 0.3) is 11.3 Å². The summed E-state index contributed by atoms with van der Waals surface area (Å²) < 4.78 is 1.19. The molecule has 5 nitrogen and oxygen atoms in total. The van der Waals surface area contributed by atoms with Crippen LogP contribution in [0.5, 0.6) is 0 Å². The van der Waals surface area contributed by atoms with Crippen molar-refractivity contribution in [2.75, 3.05) is 5.32 Å². The maximum absolute atomic E-state index is 12.3. The van der Waals surface area contributed by atoms with Gasteiger partial charge >= 0.3 is 0 Å². The van der Waals surface area contributed by atoms with Crippen LogP contribution < -0.4 is 10.9 Å². The van der Waals surface area contributed by atoms with Gasteiger partial charge in [0.15, 0.2) is 0 Å². The predicted molar refractivity (Wildman–Crippen MR) is 108 cm³/mol. The molecule has 3 aromatic rings. The zero-order chi connectivity index (χ0) is 19.4. The second-order valence-electron chi connectivity index (χ2n) is 6.61. The van der Waals surface area contributed by atoms with Gasteiger partial charge in [0.1, 0.15) is 6.54 Å². The highest BCUT2D eigenvalue weighted by Crippen LogP contribution is 2.19. The number of amides is 1. The van der Waals surface area contributed by atoms with Gasteiger partial charge in [-0.25, -0.2) is 4.68 Å². The third kappa shape index (κ3) is 4.50. The number of nitrogens with one attached hydrogen (secondary N) is 1. The van der Waals surface area contributed by atoms with E-state index < -0.39 is 0 Å². The quantitative estimate of drug-likeness (QED) is 0.753. The molecule has 2 aromatic carbocycles. The van der Waals surface area contributed by atoms with E-state index >= 15 is 0 Å². The van der Waals surface area contributed by atoms with Crippen molar-refractivity contribution in [1.82, 2.24) is 9.78 Å². The van der Waals surface area contributed by atoms with Crippen LogP contribution in [0.1, 0.15) is 23.6 Å². The summed E-state index contributed by atoms with van der Waals surface area (Å²) in [5.41, 5.74) is 5.53. The highest BCUT2D eigenvalue weighted by molar-refractivity contribution is 5.90. The number of aromatic nitrogens is 2. The second kappa shape index (κ2) is 7.99. The first-order valence-electron chi connectivity index (χ1n) is 9.01. The summed E-state index contributed by atoms with van der Waals surface area (Å²) in [6, 6.07) is 16.8. The molecule has 3 rings (SSSR count). The first-order chi connectivity index (χ1) is 13.0. The summed E-state index contributed by atoms with van der Waals surface area (Å²) in [6.45, 7) is 6.03. The third-order valence-electron chi connectivity index (χ3n) is 4.61. The minimum Gasteiger partial charge on any atom is -0.324 e. The van der Waals surface area contributed by atoms with Crippen LogP contribution in [-0.2, 0) is 17.8 Å². The van der Waals surface area contributed by atoms with E-state index in [1.54, 1.807) is 6.07 Å². The normalized spacial score (nSPS) is 10.6. The molecule has 0 spiro atoms. The number of rotatable bonds is 5. The second-order valence-corrected chi connectivity index (χ2v) is 6.61. The van der Waals surface area contributed by atoms with Crippen LogP contribution in [0.3, 0.4) is 0 Å². The SMILES string of the molecule is CCc1ccc(NC(=O)Cn2nc(-c3ccc(C)c(C)c3)ccc2=O)cc1. The summed E-state index contributed by atoms with van der Waals surface area (Å²) in [7, 11) is 0. The smallest absolute Gasteiger partial charge is 0.267 e. The van der Waals surface area contributed by atoms with Gasteiger partial charge in [-0.2, -0.15) is 5.10 Å². The third-order valence-corrected chi connectivity index (χ3v) is 4.61. The lowest BCUT2D eigenvalue weighted by Crippen LogP contribution is -2.29. The molecule has 0 aliphatic carbocycles. The highest BCUT2D eigenvalue weighted by Gasteiger charge is 2.09. The summed E-state index contributed by atoms with van der Waals surface area (Å²) in [6.07, 6.45) is 0.943. The average molecular weight is 361 g/mol. The van der Waals surface area contributed by atoms with Gasteiger partial charge in [0.2, 0.25) is 5.91 Å². The monoisotopic (exact) mass is 361 g/mol. The van der Waals surface area contributed by atoms with Crippen LogP contribution in [-0.4, -0.2) is 15.7 Å². The molecule has 138 valence electrons. The lowest BCUT2D eigenvalue weighted by atomic mass is 10.0. The van der Waals surface area contributed by atoms with Gasteiger partial charge in [0.05, 0.1) is 5.69 Å². The first kappa shape index (κ1) is 18.6. The molecule has 0 aliphatic heterocycles. The van der Waals surface area contributed by atoms with Crippen LogP contribution in [0.2, 0.25) is 0 Å². The zero-order valence-corrected chi connectivity index (χ0v) is 15.8. The Labute approximate surface area is 158 Å². The lowest BCUT2D eigenvalue weighted by Gasteiger charge is -2.09. The predicted octanol–water partition coefficient (Wildman–Crippen LogP) is 3.73. The minimum atomic E-state index is -0.306. The Morgan fingerprint density at radius 3 is 2.41 bits per heavy atom. The Hall–Kier alpha value is -3.21. The number of carbonyl (C=O) groups excluding carboxylic acids is 1. The molecular weight excluding hydrogens is 338 g/mol. The molecule has 0 saturated heterocycles. The van der Waals surface area contributed by atoms with Crippen molar-refractivity contribution in [3.05, 3.63) is 81.6 Å². The Morgan fingerprint density at radius 1 is 1.00 bits per heavy atom. The van der Waals surface area contributed by atoms with E-state index in [1.807, 2.05) is 56.3 Å². The first-order valence-corrected chi connectivity index (χ1v) is 9.01. The molecule has 1 amide bonds. The number of hydrogen-bond acceptors (Lipinski definition) is 3. The van der Waals surface area contributed by atoms with Crippen molar-refractivity contribution in [3.8, 4) is 11.3 Å². The van der Waals surface area contributed by atoms with Crippen molar-refractivity contribution in [2.24, 2.45) is 0 Å². The maximum Gasteiger partial charge on any atom is 0.267 e. The molecule has 0 unspecified atom stereocenters. The fraction of sp³-hybridized carbons (Fsp3) is 0.227. The van der Waals surface area contributed by atoms with E-state index in [-0.39, 0.29) is 18.0 Å². The fourth-order valence-electron chi connectivity index (χ4n) is 2.78. The Balaban J connectivity index is 1.78. The minimum absolute atomic E-state index is 0.132. The molecule has 0 aliphatic rings. The van der Waals surface area contributed by atoms with Crippen LogP contribution in [0.15, 0.2) is 59.4 Å². The molecule has 27 heavy (non-hydrogen) atoms. The van der Waals surface area contributed by atoms with Crippen LogP contribution in [0.4, 0.5) is 5.69 Å². The Bertz CT molecular complexity index is 1020. The number of anilines is 1. The number of aryl methyl sites for hydroxylation is 3. The van der Waals surface area contributed by atoms with Crippen LogP contribution >= 0.6 is 0 Å². The van der Waals surface area contributed by atoms with Gasteiger partial charge in [-0.15, -0.1) is 0 Å². The number of carbonyl (C=O) groups is 1. The molecule has 1 N–H and O–H groups in total. The topological polar surface area (TPSA) is 64.0 Å². The van der Waals surface area contributed by atoms with Crippen LogP contribution in [0, 0.1) is 13.8 Å². The molecular formula is C22H23N3O2. The van der Waals surface area contributed by atoms with Gasteiger partial charge in [0, 0.05) is 17.3 Å². The summed E-state index contributed by atoms with van der Waals surface area (Å²) in [4.78, 5) is 24.4. The van der Waals surface area contributed by atoms with E-state index in [0.717, 1.165) is 17.5 Å². The molecule has 5 heteroatoms. The van der Waals surface area contributed by atoms with Crippen molar-refractivity contribution in [2.45, 2.75) is 33.7 Å². The molecule has 1 heterocycles. The summed E-state index contributed by atoms with van der Waals surface area (Å²) in [5.74, 6) is -0.286. The average Bonchev–Trinajstić information content (AvgIpc) is 2.66. The number of hydrogen-bond donors (Lipinski definition) is 1. The van der Waals surface area contributed by atoms with Crippen molar-refractivity contribution in [1.29, 1.82) is 0 Å². The van der Waals surface area contributed by atoms with Crippen molar-refractivity contribution < 1.29 is 4.79 Å². The number of benzene rings is 2. The standard InChI is InChI=1S/C22H23N3O2/c1-4-17-6-9-19(10-7-17)23-21(26)14-25-22(27)12-11-20(24-25)18-8-5-15(2)16(3)13-18/h5-13H,4,14H2,1-3H3,(H,23,26). The molecule has 1 aromatic heterocycles. The van der Waals surface area contributed by atoms with E-state index in [0.29, 0.717) is 11.4 Å². The summed E-state index contributed by atoms with van der Waals surface area (Å²) in [5, 5.41) is 7.17. The highest BCUT2D eigenvalue weighted by atomic mass is 16.2. The van der Waals surface area contributed by atoms with Gasteiger partial charge < -0.3 is 5.32 Å². The van der Waals surface area contributed by atoms with Gasteiger partial charge in [0.25, 0.3) is 5.56 Å². The number of nitrogens with zero attached hydrogens (tertiary/aromatic N) is 2. The summed E-state index contributed by atoms with van der Waals surface area (Å²) >= 11 is 0. The Kier molecular flexibility index (Phi) is 5.50. The fourth-order valence-corrected chi connectivity index (χ4v) is 2.78. The molecule has 0 radical (unpaired) electrons.